The Bertz CT molecular complexity index is 554. The number of amides is 1. The van der Waals surface area contributed by atoms with Crippen LogP contribution in [-0.4, -0.2) is 31.6 Å². The topological polar surface area (TPSA) is 38.8 Å². The molecule has 5 heteroatoms. The first kappa shape index (κ1) is 14.4. The van der Waals surface area contributed by atoms with E-state index in [0.717, 1.165) is 4.88 Å². The van der Waals surface area contributed by atoms with Gasteiger partial charge in [0.1, 0.15) is 11.5 Å². The van der Waals surface area contributed by atoms with E-state index in [9.17, 15) is 4.79 Å². The number of hydrogen-bond donors (Lipinski definition) is 0. The second-order valence-electron chi connectivity index (χ2n) is 4.30. The number of likely N-dealkylation sites (N-methyl/N-ethyl adjacent to an activating group) is 1. The highest BCUT2D eigenvalue weighted by molar-refractivity contribution is 7.09. The van der Waals surface area contributed by atoms with Gasteiger partial charge in [-0.1, -0.05) is 12.1 Å². The molecule has 2 aromatic rings. The van der Waals surface area contributed by atoms with Crippen molar-refractivity contribution >= 4 is 17.2 Å². The maximum atomic E-state index is 12.0. The summed E-state index contributed by atoms with van der Waals surface area (Å²) in [4.78, 5) is 14.8. The molecule has 0 aliphatic heterocycles. The summed E-state index contributed by atoms with van der Waals surface area (Å²) in [6.07, 6.45) is 0. The Labute approximate surface area is 122 Å². The summed E-state index contributed by atoms with van der Waals surface area (Å²) in [5.74, 6) is 1.28. The predicted molar refractivity (Wildman–Crippen MR) is 79.3 cm³/mol. The van der Waals surface area contributed by atoms with Crippen molar-refractivity contribution in [1.82, 2.24) is 4.90 Å². The molecule has 0 bridgehead atoms. The lowest BCUT2D eigenvalue weighted by atomic mass is 10.3. The number of ether oxygens (including phenoxy) is 2. The van der Waals surface area contributed by atoms with Crippen LogP contribution in [0.4, 0.5) is 0 Å². The number of thiophene rings is 1. The van der Waals surface area contributed by atoms with E-state index in [1.807, 2.05) is 29.6 Å². The van der Waals surface area contributed by atoms with Gasteiger partial charge in [0, 0.05) is 18.0 Å². The fraction of sp³-hybridized carbons (Fsp3) is 0.267. The van der Waals surface area contributed by atoms with E-state index in [-0.39, 0.29) is 12.5 Å². The van der Waals surface area contributed by atoms with Crippen LogP contribution in [0.1, 0.15) is 4.88 Å². The summed E-state index contributed by atoms with van der Waals surface area (Å²) in [7, 11) is 3.37. The van der Waals surface area contributed by atoms with Crippen molar-refractivity contribution in [2.75, 3.05) is 20.8 Å². The van der Waals surface area contributed by atoms with E-state index in [2.05, 4.69) is 0 Å². The standard InChI is InChI=1S/C15H17NO3S/c1-16(10-14-7-4-8-20-14)15(17)11-19-13-6-3-5-12(9-13)18-2/h3-9H,10-11H2,1-2H3. The molecule has 0 N–H and O–H groups in total. The number of carbonyl (C=O) groups is 1. The van der Waals surface area contributed by atoms with Crippen LogP contribution in [0.25, 0.3) is 0 Å². The Morgan fingerprint density at radius 1 is 1.25 bits per heavy atom. The van der Waals surface area contributed by atoms with Crippen molar-refractivity contribution in [2.45, 2.75) is 6.54 Å². The average molecular weight is 291 g/mol. The number of methoxy groups -OCH3 is 1. The van der Waals surface area contributed by atoms with Crippen LogP contribution < -0.4 is 9.47 Å². The van der Waals surface area contributed by atoms with Crippen molar-refractivity contribution < 1.29 is 14.3 Å². The number of benzene rings is 1. The Balaban J connectivity index is 1.84. The Kier molecular flexibility index (Phi) is 5.01. The minimum absolute atomic E-state index is 0.0229. The summed E-state index contributed by atoms with van der Waals surface area (Å²) >= 11 is 1.64. The molecular weight excluding hydrogens is 274 g/mol. The molecule has 1 heterocycles. The van der Waals surface area contributed by atoms with Crippen molar-refractivity contribution in [1.29, 1.82) is 0 Å². The summed E-state index contributed by atoms with van der Waals surface area (Å²) in [6, 6.07) is 11.2. The quantitative estimate of drug-likeness (QED) is 0.821. The normalized spacial score (nSPS) is 10.1. The zero-order chi connectivity index (χ0) is 14.4. The van der Waals surface area contributed by atoms with Crippen LogP contribution >= 0.6 is 11.3 Å². The number of carbonyl (C=O) groups excluding carboxylic acids is 1. The molecule has 0 atom stereocenters. The molecule has 0 unspecified atom stereocenters. The second kappa shape index (κ2) is 6.96. The van der Waals surface area contributed by atoms with Crippen molar-refractivity contribution in [3.8, 4) is 11.5 Å². The third-order valence-corrected chi connectivity index (χ3v) is 3.66. The lowest BCUT2D eigenvalue weighted by molar-refractivity contribution is -0.132. The largest absolute Gasteiger partial charge is 0.497 e. The van der Waals surface area contributed by atoms with Crippen LogP contribution in [0.15, 0.2) is 41.8 Å². The molecule has 0 radical (unpaired) electrons. The Morgan fingerprint density at radius 2 is 2.05 bits per heavy atom. The lowest BCUT2D eigenvalue weighted by Gasteiger charge is -2.16. The number of rotatable bonds is 6. The highest BCUT2D eigenvalue weighted by Gasteiger charge is 2.10. The van der Waals surface area contributed by atoms with Crippen LogP contribution in [0.5, 0.6) is 11.5 Å². The van der Waals surface area contributed by atoms with Crippen LogP contribution in [0.2, 0.25) is 0 Å². The van der Waals surface area contributed by atoms with Gasteiger partial charge in [0.15, 0.2) is 6.61 Å². The molecular formula is C15H17NO3S. The van der Waals surface area contributed by atoms with E-state index in [1.165, 1.54) is 0 Å². The van der Waals surface area contributed by atoms with Gasteiger partial charge in [0.05, 0.1) is 13.7 Å². The Morgan fingerprint density at radius 3 is 2.75 bits per heavy atom. The van der Waals surface area contributed by atoms with Crippen LogP contribution in [0, 0.1) is 0 Å². The molecule has 0 saturated carbocycles. The maximum Gasteiger partial charge on any atom is 0.260 e. The molecule has 0 aliphatic rings. The lowest BCUT2D eigenvalue weighted by Crippen LogP contribution is -2.30. The van der Waals surface area contributed by atoms with Crippen LogP contribution in [0.3, 0.4) is 0 Å². The smallest absolute Gasteiger partial charge is 0.260 e. The molecule has 0 spiro atoms. The number of nitrogens with zero attached hydrogens (tertiary/aromatic N) is 1. The minimum atomic E-state index is -0.0544. The predicted octanol–water partition coefficient (Wildman–Crippen LogP) is 2.79. The van der Waals surface area contributed by atoms with Gasteiger partial charge >= 0.3 is 0 Å². The van der Waals surface area contributed by atoms with Gasteiger partial charge in [0.2, 0.25) is 0 Å². The van der Waals surface area contributed by atoms with E-state index in [4.69, 9.17) is 9.47 Å². The zero-order valence-electron chi connectivity index (χ0n) is 11.5. The fourth-order valence-electron chi connectivity index (χ4n) is 1.67. The minimum Gasteiger partial charge on any atom is -0.497 e. The maximum absolute atomic E-state index is 12.0. The van der Waals surface area contributed by atoms with Gasteiger partial charge in [-0.3, -0.25) is 4.79 Å². The molecule has 1 amide bonds. The van der Waals surface area contributed by atoms with Crippen LogP contribution in [-0.2, 0) is 11.3 Å². The van der Waals surface area contributed by atoms with Gasteiger partial charge in [0.25, 0.3) is 5.91 Å². The highest BCUT2D eigenvalue weighted by Crippen LogP contribution is 2.19. The fourth-order valence-corrected chi connectivity index (χ4v) is 2.43. The van der Waals surface area contributed by atoms with Crippen molar-refractivity contribution in [3.05, 3.63) is 46.7 Å². The molecule has 1 aromatic heterocycles. The van der Waals surface area contributed by atoms with E-state index < -0.39 is 0 Å². The third-order valence-electron chi connectivity index (χ3n) is 2.80. The van der Waals surface area contributed by atoms with Gasteiger partial charge in [-0.15, -0.1) is 11.3 Å². The summed E-state index contributed by atoms with van der Waals surface area (Å²) in [6.45, 7) is 0.632. The Hall–Kier alpha value is -2.01. The highest BCUT2D eigenvalue weighted by atomic mass is 32.1. The first-order chi connectivity index (χ1) is 9.69. The molecule has 4 nitrogen and oxygen atoms in total. The van der Waals surface area contributed by atoms with Gasteiger partial charge in [-0.05, 0) is 23.6 Å². The van der Waals surface area contributed by atoms with Crippen molar-refractivity contribution in [3.63, 3.8) is 0 Å². The van der Waals surface area contributed by atoms with Gasteiger partial charge < -0.3 is 14.4 Å². The van der Waals surface area contributed by atoms with Gasteiger partial charge in [-0.2, -0.15) is 0 Å². The molecule has 0 saturated heterocycles. The molecule has 0 aliphatic carbocycles. The molecule has 2 rings (SSSR count). The second-order valence-corrected chi connectivity index (χ2v) is 5.33. The monoisotopic (exact) mass is 291 g/mol. The first-order valence-corrected chi connectivity index (χ1v) is 7.10. The SMILES string of the molecule is COc1cccc(OCC(=O)N(C)Cc2cccs2)c1. The molecule has 1 aromatic carbocycles. The molecule has 106 valence electrons. The third kappa shape index (κ3) is 3.99. The van der Waals surface area contributed by atoms with Crippen molar-refractivity contribution in [2.24, 2.45) is 0 Å². The molecule has 20 heavy (non-hydrogen) atoms. The average Bonchev–Trinajstić information content (AvgIpc) is 2.97. The van der Waals surface area contributed by atoms with E-state index in [1.54, 1.807) is 42.5 Å². The molecule has 0 fully saturated rings. The number of hydrogen-bond acceptors (Lipinski definition) is 4. The summed E-state index contributed by atoms with van der Waals surface area (Å²) < 4.78 is 10.6. The van der Waals surface area contributed by atoms with E-state index in [0.29, 0.717) is 18.0 Å². The van der Waals surface area contributed by atoms with Gasteiger partial charge in [-0.25, -0.2) is 0 Å². The summed E-state index contributed by atoms with van der Waals surface area (Å²) in [5.41, 5.74) is 0. The zero-order valence-corrected chi connectivity index (χ0v) is 12.4. The summed E-state index contributed by atoms with van der Waals surface area (Å²) in [5, 5.41) is 2.00. The first-order valence-electron chi connectivity index (χ1n) is 6.22. The van der Waals surface area contributed by atoms with E-state index >= 15 is 0 Å².